The SMILES string of the molecule is CCCCN(c1ncnc(Cl)c1Br)C(C)CC. The van der Waals surface area contributed by atoms with Crippen molar-refractivity contribution in [1.82, 2.24) is 9.97 Å². The first-order valence-corrected chi connectivity index (χ1v) is 7.21. The summed E-state index contributed by atoms with van der Waals surface area (Å²) in [5, 5.41) is 0.472. The second-order valence-electron chi connectivity index (χ2n) is 4.11. The minimum Gasteiger partial charge on any atom is -0.353 e. The number of hydrogen-bond donors (Lipinski definition) is 0. The van der Waals surface area contributed by atoms with Gasteiger partial charge in [-0.25, -0.2) is 9.97 Å². The van der Waals surface area contributed by atoms with Gasteiger partial charge in [0.2, 0.25) is 0 Å². The molecular formula is C12H19BrClN3. The molecule has 0 fully saturated rings. The molecule has 3 nitrogen and oxygen atoms in total. The van der Waals surface area contributed by atoms with Crippen LogP contribution in [0.1, 0.15) is 40.0 Å². The molecule has 0 aromatic carbocycles. The Bertz CT molecular complexity index is 360. The van der Waals surface area contributed by atoms with Crippen molar-refractivity contribution in [2.75, 3.05) is 11.4 Å². The van der Waals surface area contributed by atoms with E-state index in [4.69, 9.17) is 11.6 Å². The monoisotopic (exact) mass is 319 g/mol. The van der Waals surface area contributed by atoms with Gasteiger partial charge in [0.25, 0.3) is 0 Å². The Labute approximate surface area is 117 Å². The minimum absolute atomic E-state index is 0.448. The zero-order valence-corrected chi connectivity index (χ0v) is 12.9. The predicted molar refractivity (Wildman–Crippen MR) is 76.7 cm³/mol. The fourth-order valence-electron chi connectivity index (χ4n) is 1.62. The molecule has 0 saturated heterocycles. The molecule has 1 atom stereocenters. The first-order valence-electron chi connectivity index (χ1n) is 6.04. The summed E-state index contributed by atoms with van der Waals surface area (Å²) < 4.78 is 0.790. The molecule has 0 aliphatic carbocycles. The van der Waals surface area contributed by atoms with E-state index in [1.807, 2.05) is 0 Å². The zero-order valence-electron chi connectivity index (χ0n) is 10.6. The fourth-order valence-corrected chi connectivity index (χ4v) is 2.18. The zero-order chi connectivity index (χ0) is 12.8. The first kappa shape index (κ1) is 14.7. The van der Waals surface area contributed by atoms with Gasteiger partial charge < -0.3 is 4.90 Å². The molecule has 96 valence electrons. The Kier molecular flexibility index (Phi) is 6.20. The molecule has 17 heavy (non-hydrogen) atoms. The fraction of sp³-hybridized carbons (Fsp3) is 0.667. The second-order valence-corrected chi connectivity index (χ2v) is 5.26. The quantitative estimate of drug-likeness (QED) is 0.732. The van der Waals surface area contributed by atoms with Crippen LogP contribution in [0.4, 0.5) is 5.82 Å². The van der Waals surface area contributed by atoms with Gasteiger partial charge in [-0.05, 0) is 35.7 Å². The van der Waals surface area contributed by atoms with Gasteiger partial charge in [0.05, 0.1) is 4.47 Å². The van der Waals surface area contributed by atoms with E-state index in [9.17, 15) is 0 Å². The third kappa shape index (κ3) is 3.81. The lowest BCUT2D eigenvalue weighted by molar-refractivity contribution is 0.588. The number of anilines is 1. The molecule has 1 aromatic rings. The number of aromatic nitrogens is 2. The molecule has 0 aliphatic heterocycles. The average Bonchev–Trinajstić information content (AvgIpc) is 2.34. The molecule has 0 radical (unpaired) electrons. The number of halogens is 2. The molecule has 1 heterocycles. The van der Waals surface area contributed by atoms with Crippen LogP contribution in [-0.4, -0.2) is 22.6 Å². The molecule has 0 aliphatic rings. The highest BCUT2D eigenvalue weighted by atomic mass is 79.9. The summed E-state index contributed by atoms with van der Waals surface area (Å²) in [6.07, 6.45) is 4.92. The summed E-state index contributed by atoms with van der Waals surface area (Å²) in [5.74, 6) is 0.896. The maximum atomic E-state index is 6.02. The summed E-state index contributed by atoms with van der Waals surface area (Å²) in [7, 11) is 0. The number of hydrogen-bond acceptors (Lipinski definition) is 3. The number of unbranched alkanes of at least 4 members (excludes halogenated alkanes) is 1. The van der Waals surface area contributed by atoms with Gasteiger partial charge in [-0.2, -0.15) is 0 Å². The summed E-state index contributed by atoms with van der Waals surface area (Å²) in [5.41, 5.74) is 0. The van der Waals surface area contributed by atoms with E-state index in [0.29, 0.717) is 11.2 Å². The van der Waals surface area contributed by atoms with Gasteiger partial charge >= 0.3 is 0 Å². The lowest BCUT2D eigenvalue weighted by Crippen LogP contribution is -2.34. The highest BCUT2D eigenvalue weighted by Crippen LogP contribution is 2.30. The van der Waals surface area contributed by atoms with Crippen molar-refractivity contribution >= 4 is 33.3 Å². The van der Waals surface area contributed by atoms with Crippen LogP contribution in [0.15, 0.2) is 10.8 Å². The van der Waals surface area contributed by atoms with Crippen LogP contribution in [0, 0.1) is 0 Å². The third-order valence-electron chi connectivity index (χ3n) is 2.88. The number of nitrogens with zero attached hydrogens (tertiary/aromatic N) is 3. The summed E-state index contributed by atoms with van der Waals surface area (Å²) >= 11 is 9.49. The van der Waals surface area contributed by atoms with Crippen LogP contribution >= 0.6 is 27.5 Å². The Morgan fingerprint density at radius 1 is 1.41 bits per heavy atom. The Morgan fingerprint density at radius 3 is 2.71 bits per heavy atom. The predicted octanol–water partition coefficient (Wildman–Crippen LogP) is 4.30. The summed E-state index contributed by atoms with van der Waals surface area (Å²) in [6, 6.07) is 0.448. The lowest BCUT2D eigenvalue weighted by Gasteiger charge is -2.30. The lowest BCUT2D eigenvalue weighted by atomic mass is 10.2. The molecule has 5 heteroatoms. The van der Waals surface area contributed by atoms with Crippen LogP contribution in [0.5, 0.6) is 0 Å². The van der Waals surface area contributed by atoms with Crippen LogP contribution in [0.3, 0.4) is 0 Å². The van der Waals surface area contributed by atoms with E-state index in [1.165, 1.54) is 12.7 Å². The van der Waals surface area contributed by atoms with E-state index < -0.39 is 0 Å². The van der Waals surface area contributed by atoms with Gasteiger partial charge in [-0.1, -0.05) is 31.9 Å². The molecule has 0 bridgehead atoms. The average molecular weight is 321 g/mol. The van der Waals surface area contributed by atoms with Crippen molar-refractivity contribution in [1.29, 1.82) is 0 Å². The van der Waals surface area contributed by atoms with E-state index in [-0.39, 0.29) is 0 Å². The van der Waals surface area contributed by atoms with Crippen molar-refractivity contribution in [3.05, 3.63) is 16.0 Å². The van der Waals surface area contributed by atoms with Gasteiger partial charge in [-0.15, -0.1) is 0 Å². The third-order valence-corrected chi connectivity index (χ3v) is 4.12. The minimum atomic E-state index is 0.448. The molecule has 1 unspecified atom stereocenters. The Hall–Kier alpha value is -0.350. The van der Waals surface area contributed by atoms with Crippen molar-refractivity contribution in [3.8, 4) is 0 Å². The van der Waals surface area contributed by atoms with E-state index in [0.717, 1.165) is 29.7 Å². The molecule has 0 spiro atoms. The summed E-state index contributed by atoms with van der Waals surface area (Å²) in [6.45, 7) is 7.58. The van der Waals surface area contributed by atoms with Gasteiger partial charge in [0.15, 0.2) is 0 Å². The molecule has 0 saturated carbocycles. The molecule has 0 amide bonds. The van der Waals surface area contributed by atoms with Crippen LogP contribution < -0.4 is 4.90 Å². The topological polar surface area (TPSA) is 29.0 Å². The molecule has 0 N–H and O–H groups in total. The Balaban J connectivity index is 2.99. The standard InChI is InChI=1S/C12H19BrClN3/c1-4-6-7-17(9(3)5-2)12-10(13)11(14)15-8-16-12/h8-9H,4-7H2,1-3H3. The molecule has 1 rings (SSSR count). The number of rotatable bonds is 6. The first-order chi connectivity index (χ1) is 8.11. The summed E-state index contributed by atoms with van der Waals surface area (Å²) in [4.78, 5) is 10.6. The Morgan fingerprint density at radius 2 is 2.12 bits per heavy atom. The van der Waals surface area contributed by atoms with Crippen LogP contribution in [0.25, 0.3) is 0 Å². The van der Waals surface area contributed by atoms with Gasteiger partial charge in [-0.3, -0.25) is 0 Å². The second kappa shape index (κ2) is 7.17. The smallest absolute Gasteiger partial charge is 0.148 e. The molecular weight excluding hydrogens is 302 g/mol. The van der Waals surface area contributed by atoms with Crippen molar-refractivity contribution < 1.29 is 0 Å². The maximum Gasteiger partial charge on any atom is 0.148 e. The van der Waals surface area contributed by atoms with Crippen molar-refractivity contribution in [3.63, 3.8) is 0 Å². The van der Waals surface area contributed by atoms with Crippen molar-refractivity contribution in [2.45, 2.75) is 46.1 Å². The van der Waals surface area contributed by atoms with Gasteiger partial charge in [0, 0.05) is 12.6 Å². The van der Waals surface area contributed by atoms with Crippen LogP contribution in [0.2, 0.25) is 5.15 Å². The van der Waals surface area contributed by atoms with Gasteiger partial charge in [0.1, 0.15) is 17.3 Å². The van der Waals surface area contributed by atoms with E-state index in [2.05, 4.69) is 51.6 Å². The highest BCUT2D eigenvalue weighted by Gasteiger charge is 2.18. The maximum absolute atomic E-state index is 6.02. The molecule has 1 aromatic heterocycles. The normalized spacial score (nSPS) is 12.5. The van der Waals surface area contributed by atoms with E-state index >= 15 is 0 Å². The van der Waals surface area contributed by atoms with Crippen LogP contribution in [-0.2, 0) is 0 Å². The largest absolute Gasteiger partial charge is 0.353 e. The highest BCUT2D eigenvalue weighted by molar-refractivity contribution is 9.10. The van der Waals surface area contributed by atoms with E-state index in [1.54, 1.807) is 0 Å². The van der Waals surface area contributed by atoms with Crippen molar-refractivity contribution in [2.24, 2.45) is 0 Å².